The van der Waals surface area contributed by atoms with Crippen LogP contribution in [0, 0.1) is 0 Å². The van der Waals surface area contributed by atoms with Gasteiger partial charge in [0.1, 0.15) is 0 Å². The number of hydrogen-bond donors (Lipinski definition) is 2. The highest BCUT2D eigenvalue weighted by atomic mass is 32.2. The van der Waals surface area contributed by atoms with Gasteiger partial charge in [-0.3, -0.25) is 14.6 Å². The summed E-state index contributed by atoms with van der Waals surface area (Å²) in [5, 5.41) is 3.04. The Balaban J connectivity index is 1.43. The van der Waals surface area contributed by atoms with Crippen molar-refractivity contribution < 1.29 is 17.9 Å². The Bertz CT molecular complexity index is 772. The highest BCUT2D eigenvalue weighted by molar-refractivity contribution is 7.88. The Kier molecular flexibility index (Phi) is 8.02. The summed E-state index contributed by atoms with van der Waals surface area (Å²) in [7, 11) is -3.18. The molecule has 29 heavy (non-hydrogen) atoms. The maximum absolute atomic E-state index is 12.4. The topological polar surface area (TPSA) is 91.0 Å². The Morgan fingerprint density at radius 1 is 1.07 bits per heavy atom. The van der Waals surface area contributed by atoms with E-state index in [1.54, 1.807) is 0 Å². The number of carbonyl (C=O) groups is 1. The van der Waals surface area contributed by atoms with Crippen LogP contribution in [0.2, 0.25) is 0 Å². The van der Waals surface area contributed by atoms with Gasteiger partial charge < -0.3 is 10.1 Å². The molecule has 2 aliphatic heterocycles. The van der Waals surface area contributed by atoms with Crippen molar-refractivity contribution in [2.45, 2.75) is 32.0 Å². The smallest absolute Gasteiger partial charge is 0.234 e. The lowest BCUT2D eigenvalue weighted by Gasteiger charge is -2.31. The number of likely N-dealkylation sites (tertiary alicyclic amines) is 1. The normalized spacial score (nSPS) is 19.9. The molecule has 2 aliphatic rings. The number of sulfonamides is 1. The number of nitrogens with zero attached hydrogens (tertiary/aromatic N) is 2. The van der Waals surface area contributed by atoms with Gasteiger partial charge in [0.05, 0.1) is 26.0 Å². The van der Waals surface area contributed by atoms with Gasteiger partial charge in [-0.25, -0.2) is 13.1 Å². The zero-order chi connectivity index (χ0) is 20.7. The van der Waals surface area contributed by atoms with E-state index in [2.05, 4.69) is 32.0 Å². The van der Waals surface area contributed by atoms with E-state index >= 15 is 0 Å². The fourth-order valence-corrected chi connectivity index (χ4v) is 4.69. The van der Waals surface area contributed by atoms with Crippen LogP contribution in [0.1, 0.15) is 24.0 Å². The first kappa shape index (κ1) is 22.2. The SMILES string of the molecule is CS(=O)(=O)NC1CCN(CC(=O)NCc2ccccc2CN2CCOCC2)CC1. The number of carbonyl (C=O) groups excluding carboxylic acids is 1. The van der Waals surface area contributed by atoms with Gasteiger partial charge in [-0.1, -0.05) is 24.3 Å². The molecule has 2 saturated heterocycles. The Hall–Kier alpha value is -1.52. The molecule has 0 radical (unpaired) electrons. The molecule has 0 unspecified atom stereocenters. The minimum atomic E-state index is -3.18. The lowest BCUT2D eigenvalue weighted by molar-refractivity contribution is -0.122. The number of ether oxygens (including phenoxy) is 1. The molecule has 1 aromatic rings. The molecule has 2 fully saturated rings. The first-order valence-electron chi connectivity index (χ1n) is 10.2. The predicted molar refractivity (Wildman–Crippen MR) is 112 cm³/mol. The van der Waals surface area contributed by atoms with Gasteiger partial charge in [-0.15, -0.1) is 0 Å². The van der Waals surface area contributed by atoms with Crippen LogP contribution in [0.3, 0.4) is 0 Å². The quantitative estimate of drug-likeness (QED) is 0.617. The molecule has 1 aromatic carbocycles. The minimum absolute atomic E-state index is 0.000646. The van der Waals surface area contributed by atoms with Crippen molar-refractivity contribution >= 4 is 15.9 Å². The van der Waals surface area contributed by atoms with Gasteiger partial charge in [0.25, 0.3) is 0 Å². The lowest BCUT2D eigenvalue weighted by Crippen LogP contribution is -2.47. The summed E-state index contributed by atoms with van der Waals surface area (Å²) in [6.07, 6.45) is 2.63. The Labute approximate surface area is 173 Å². The zero-order valence-electron chi connectivity index (χ0n) is 17.1. The molecule has 0 atom stereocenters. The van der Waals surface area contributed by atoms with Gasteiger partial charge in [0.15, 0.2) is 0 Å². The Morgan fingerprint density at radius 2 is 1.72 bits per heavy atom. The molecule has 0 spiro atoms. The van der Waals surface area contributed by atoms with Crippen LogP contribution in [-0.2, 0) is 32.6 Å². The molecule has 0 aromatic heterocycles. The second-order valence-corrected chi connectivity index (χ2v) is 9.65. The number of benzene rings is 1. The van der Waals surface area contributed by atoms with E-state index < -0.39 is 10.0 Å². The van der Waals surface area contributed by atoms with E-state index in [9.17, 15) is 13.2 Å². The van der Waals surface area contributed by atoms with Crippen molar-refractivity contribution in [2.75, 3.05) is 52.2 Å². The molecule has 162 valence electrons. The number of morpholine rings is 1. The fraction of sp³-hybridized carbons (Fsp3) is 0.650. The van der Waals surface area contributed by atoms with Gasteiger partial charge in [0, 0.05) is 45.3 Å². The van der Waals surface area contributed by atoms with E-state index in [-0.39, 0.29) is 11.9 Å². The summed E-state index contributed by atoms with van der Waals surface area (Å²) >= 11 is 0. The van der Waals surface area contributed by atoms with E-state index in [4.69, 9.17) is 4.74 Å². The second-order valence-electron chi connectivity index (χ2n) is 7.87. The van der Waals surface area contributed by atoms with Crippen LogP contribution in [0.25, 0.3) is 0 Å². The van der Waals surface area contributed by atoms with E-state index in [1.807, 2.05) is 12.1 Å². The summed E-state index contributed by atoms with van der Waals surface area (Å²) in [5.41, 5.74) is 2.38. The first-order valence-corrected chi connectivity index (χ1v) is 12.1. The van der Waals surface area contributed by atoms with Gasteiger partial charge in [-0.05, 0) is 24.0 Å². The summed E-state index contributed by atoms with van der Waals surface area (Å²) in [5.74, 6) is 0.000646. The molecule has 8 nitrogen and oxygen atoms in total. The van der Waals surface area contributed by atoms with Gasteiger partial charge in [-0.2, -0.15) is 0 Å². The molecule has 2 N–H and O–H groups in total. The summed E-state index contributed by atoms with van der Waals surface area (Å²) in [6.45, 7) is 6.58. The van der Waals surface area contributed by atoms with Crippen LogP contribution in [-0.4, -0.2) is 82.4 Å². The van der Waals surface area contributed by atoms with Crippen LogP contribution < -0.4 is 10.0 Å². The first-order chi connectivity index (χ1) is 13.9. The van der Waals surface area contributed by atoms with Crippen molar-refractivity contribution in [3.8, 4) is 0 Å². The van der Waals surface area contributed by atoms with E-state index in [1.165, 1.54) is 11.8 Å². The van der Waals surface area contributed by atoms with Crippen molar-refractivity contribution in [1.29, 1.82) is 0 Å². The summed E-state index contributed by atoms with van der Waals surface area (Å²) in [4.78, 5) is 16.9. The third-order valence-electron chi connectivity index (χ3n) is 5.43. The van der Waals surface area contributed by atoms with E-state index in [0.29, 0.717) is 26.2 Å². The third-order valence-corrected chi connectivity index (χ3v) is 6.19. The maximum atomic E-state index is 12.4. The number of piperidine rings is 1. The van der Waals surface area contributed by atoms with Gasteiger partial charge >= 0.3 is 0 Å². The van der Waals surface area contributed by atoms with Crippen LogP contribution in [0.4, 0.5) is 0 Å². The highest BCUT2D eigenvalue weighted by Crippen LogP contribution is 2.14. The Morgan fingerprint density at radius 3 is 2.38 bits per heavy atom. The molecule has 0 bridgehead atoms. The molecular weight excluding hydrogens is 392 g/mol. The van der Waals surface area contributed by atoms with Crippen molar-refractivity contribution in [1.82, 2.24) is 19.8 Å². The molecular formula is C20H32N4O4S. The van der Waals surface area contributed by atoms with Crippen LogP contribution >= 0.6 is 0 Å². The number of nitrogens with one attached hydrogen (secondary N) is 2. The van der Waals surface area contributed by atoms with Crippen LogP contribution in [0.15, 0.2) is 24.3 Å². The summed E-state index contributed by atoms with van der Waals surface area (Å²) < 4.78 is 30.7. The summed E-state index contributed by atoms with van der Waals surface area (Å²) in [6, 6.07) is 8.20. The number of hydrogen-bond acceptors (Lipinski definition) is 6. The molecule has 3 rings (SSSR count). The molecule has 1 amide bonds. The van der Waals surface area contributed by atoms with Crippen molar-refractivity contribution in [3.05, 3.63) is 35.4 Å². The number of amides is 1. The highest BCUT2D eigenvalue weighted by Gasteiger charge is 2.23. The lowest BCUT2D eigenvalue weighted by atomic mass is 10.1. The predicted octanol–water partition coefficient (Wildman–Crippen LogP) is 0.149. The van der Waals surface area contributed by atoms with Crippen LogP contribution in [0.5, 0.6) is 0 Å². The molecule has 0 aliphatic carbocycles. The monoisotopic (exact) mass is 424 g/mol. The largest absolute Gasteiger partial charge is 0.379 e. The minimum Gasteiger partial charge on any atom is -0.379 e. The second kappa shape index (κ2) is 10.5. The fourth-order valence-electron chi connectivity index (χ4n) is 3.85. The molecule has 2 heterocycles. The molecule has 0 saturated carbocycles. The average molecular weight is 425 g/mol. The third kappa shape index (κ3) is 7.67. The van der Waals surface area contributed by atoms with Crippen molar-refractivity contribution in [3.63, 3.8) is 0 Å². The van der Waals surface area contributed by atoms with Crippen molar-refractivity contribution in [2.24, 2.45) is 0 Å². The van der Waals surface area contributed by atoms with E-state index in [0.717, 1.165) is 51.3 Å². The number of rotatable bonds is 8. The van der Waals surface area contributed by atoms with Gasteiger partial charge in [0.2, 0.25) is 15.9 Å². The maximum Gasteiger partial charge on any atom is 0.234 e. The molecule has 9 heteroatoms. The zero-order valence-corrected chi connectivity index (χ0v) is 17.9. The average Bonchev–Trinajstić information content (AvgIpc) is 2.68. The standard InChI is InChI=1S/C20H32N4O4S/c1-29(26,27)22-19-6-8-23(9-7-19)16-20(25)21-14-17-4-2-3-5-18(17)15-24-10-12-28-13-11-24/h2-5,19,22H,6-16H2,1H3,(H,21,25).